The molecule has 5 nitrogen and oxygen atoms in total. The topological polar surface area (TPSA) is 39.1 Å². The summed E-state index contributed by atoms with van der Waals surface area (Å²) in [6.07, 6.45) is -10.2. The summed E-state index contributed by atoms with van der Waals surface area (Å²) >= 11 is 6.48. The number of nitrogens with zero attached hydrogens (tertiary/aromatic N) is 4. The molecule has 0 radical (unpaired) electrons. The van der Waals surface area contributed by atoms with Gasteiger partial charge in [0.25, 0.3) is 5.91 Å². The number of carbonyl (C=O) groups excluding carboxylic acids is 1. The molecule has 0 saturated carbocycles. The Bertz CT molecular complexity index is 1180. The number of amides is 1. The Morgan fingerprint density at radius 2 is 1.76 bits per heavy atom. The van der Waals surface area contributed by atoms with Crippen LogP contribution < -0.4 is 4.90 Å². The minimum atomic E-state index is -4.91. The number of alkyl halides is 6. The minimum absolute atomic E-state index is 0.0469. The molecule has 0 bridgehead atoms. The summed E-state index contributed by atoms with van der Waals surface area (Å²) in [6, 6.07) is 8.94. The number of fused-ring (bicyclic) bond motifs is 1. The van der Waals surface area contributed by atoms with E-state index in [0.29, 0.717) is 16.3 Å². The summed E-state index contributed by atoms with van der Waals surface area (Å²) in [6.45, 7) is 3.53. The van der Waals surface area contributed by atoms with Crippen molar-refractivity contribution in [2.45, 2.75) is 57.7 Å². The van der Waals surface area contributed by atoms with Gasteiger partial charge in [0.1, 0.15) is 0 Å². The maximum atomic E-state index is 13.8. The number of benzene rings is 2. The van der Waals surface area contributed by atoms with Crippen molar-refractivity contribution in [3.63, 3.8) is 0 Å². The predicted octanol–water partition coefficient (Wildman–Crippen LogP) is 6.12. The maximum absolute atomic E-state index is 13.8. The van der Waals surface area contributed by atoms with Crippen LogP contribution >= 0.6 is 11.6 Å². The van der Waals surface area contributed by atoms with Crippen molar-refractivity contribution < 1.29 is 31.1 Å². The molecule has 1 fully saturated rings. The molecule has 2 aliphatic heterocycles. The third kappa shape index (κ3) is 6.26. The summed E-state index contributed by atoms with van der Waals surface area (Å²) in [7, 11) is 0. The van der Waals surface area contributed by atoms with Crippen molar-refractivity contribution in [2.24, 2.45) is 4.99 Å². The van der Waals surface area contributed by atoms with E-state index >= 15 is 0 Å². The lowest BCUT2D eigenvalue weighted by molar-refractivity contribution is -0.165. The van der Waals surface area contributed by atoms with Crippen molar-refractivity contribution >= 4 is 29.2 Å². The molecule has 0 aliphatic carbocycles. The number of hydrogen-bond acceptors (Lipinski definition) is 4. The molecule has 1 amide bonds. The van der Waals surface area contributed by atoms with Crippen LogP contribution in [-0.2, 0) is 11.3 Å². The van der Waals surface area contributed by atoms with Crippen LogP contribution in [-0.4, -0.2) is 65.7 Å². The van der Waals surface area contributed by atoms with E-state index in [4.69, 9.17) is 11.6 Å². The zero-order valence-electron chi connectivity index (χ0n) is 20.8. The Hall–Kier alpha value is -2.79. The second-order valence-electron chi connectivity index (χ2n) is 9.67. The third-order valence-corrected chi connectivity index (χ3v) is 6.92. The number of anilines is 1. The SMILES string of the molecule is Cc1cc(C)c(N2CCC(CN(CCC(F)(F)F)Cc3ccccc3)N3C(=O)C(C(F)(F)F)N=C23)c(Cl)c1. The summed E-state index contributed by atoms with van der Waals surface area (Å²) in [5, 5.41) is 0.308. The molecular weight excluding hydrogens is 534 g/mol. The molecule has 1 saturated heterocycles. The van der Waals surface area contributed by atoms with Gasteiger partial charge in [-0.1, -0.05) is 48.0 Å². The van der Waals surface area contributed by atoms with Gasteiger partial charge in [-0.15, -0.1) is 0 Å². The molecular formula is C26H27ClF6N4O. The molecule has 2 aromatic carbocycles. The van der Waals surface area contributed by atoms with E-state index in [9.17, 15) is 31.1 Å². The highest BCUT2D eigenvalue weighted by atomic mass is 35.5. The molecule has 38 heavy (non-hydrogen) atoms. The Labute approximate surface area is 221 Å². The van der Waals surface area contributed by atoms with Crippen molar-refractivity contribution in [3.05, 3.63) is 64.2 Å². The van der Waals surface area contributed by atoms with Crippen molar-refractivity contribution in [2.75, 3.05) is 24.5 Å². The number of hydrogen-bond donors (Lipinski definition) is 0. The number of guanidine groups is 1. The minimum Gasteiger partial charge on any atom is -0.310 e. The van der Waals surface area contributed by atoms with Crippen LogP contribution in [0.25, 0.3) is 0 Å². The Balaban J connectivity index is 1.67. The highest BCUT2D eigenvalue weighted by Crippen LogP contribution is 2.38. The number of halogens is 7. The van der Waals surface area contributed by atoms with Crippen molar-refractivity contribution in [1.29, 1.82) is 0 Å². The molecule has 4 rings (SSSR count). The molecule has 0 N–H and O–H groups in total. The van der Waals surface area contributed by atoms with Crippen molar-refractivity contribution in [1.82, 2.24) is 9.80 Å². The van der Waals surface area contributed by atoms with Crippen LogP contribution in [0.3, 0.4) is 0 Å². The normalized spacial score (nSPS) is 20.3. The number of aliphatic imine (C=N–C) groups is 1. The highest BCUT2D eigenvalue weighted by molar-refractivity contribution is 6.34. The lowest BCUT2D eigenvalue weighted by Gasteiger charge is -2.43. The van der Waals surface area contributed by atoms with E-state index < -0.39 is 36.8 Å². The summed E-state index contributed by atoms with van der Waals surface area (Å²) in [5.74, 6) is -1.42. The summed E-state index contributed by atoms with van der Waals surface area (Å²) in [5.41, 5.74) is 2.77. The number of carbonyl (C=O) groups is 1. The van der Waals surface area contributed by atoms with E-state index in [0.717, 1.165) is 16.0 Å². The van der Waals surface area contributed by atoms with Gasteiger partial charge < -0.3 is 4.90 Å². The van der Waals surface area contributed by atoms with Crippen LogP contribution in [0.2, 0.25) is 5.02 Å². The zero-order valence-corrected chi connectivity index (χ0v) is 21.5. The standard InChI is InChI=1S/C26H27ClF6N4O/c1-16-12-17(2)21(20(27)13-16)36-10-8-19(37-23(38)22(26(31,32)33)34-24(36)37)15-35(11-9-25(28,29)30)14-18-6-4-3-5-7-18/h3-7,12-13,19,22H,8-11,14-15H2,1-2H3. The van der Waals surface area contributed by atoms with Gasteiger partial charge in [-0.05, 0) is 43.0 Å². The predicted molar refractivity (Wildman–Crippen MR) is 133 cm³/mol. The summed E-state index contributed by atoms with van der Waals surface area (Å²) < 4.78 is 80.6. The highest BCUT2D eigenvalue weighted by Gasteiger charge is 2.55. The van der Waals surface area contributed by atoms with Gasteiger partial charge in [-0.25, -0.2) is 4.99 Å². The van der Waals surface area contributed by atoms with E-state index in [1.54, 1.807) is 43.3 Å². The number of aryl methyl sites for hydroxylation is 2. The molecule has 2 heterocycles. The fourth-order valence-corrected chi connectivity index (χ4v) is 5.44. The molecule has 2 aliphatic rings. The first kappa shape index (κ1) is 28.2. The third-order valence-electron chi connectivity index (χ3n) is 6.63. The Kier molecular flexibility index (Phi) is 7.99. The smallest absolute Gasteiger partial charge is 0.310 e. The van der Waals surface area contributed by atoms with Crippen LogP contribution in [0.1, 0.15) is 29.5 Å². The van der Waals surface area contributed by atoms with Gasteiger partial charge in [0, 0.05) is 26.2 Å². The monoisotopic (exact) mass is 560 g/mol. The van der Waals surface area contributed by atoms with Gasteiger partial charge >= 0.3 is 12.4 Å². The summed E-state index contributed by atoms with van der Waals surface area (Å²) in [4.78, 5) is 20.9. The quantitative estimate of drug-likeness (QED) is 0.383. The largest absolute Gasteiger partial charge is 0.419 e. The molecule has 12 heteroatoms. The fraction of sp³-hybridized carbons (Fsp3) is 0.462. The van der Waals surface area contributed by atoms with Crippen LogP contribution in [0, 0.1) is 13.8 Å². The van der Waals surface area contributed by atoms with Crippen LogP contribution in [0.15, 0.2) is 47.5 Å². The molecule has 0 aromatic heterocycles. The van der Waals surface area contributed by atoms with Gasteiger partial charge in [0.15, 0.2) is 0 Å². The molecule has 0 spiro atoms. The van der Waals surface area contributed by atoms with E-state index in [1.165, 1.54) is 9.80 Å². The van der Waals surface area contributed by atoms with E-state index in [-0.39, 0.29) is 38.6 Å². The second kappa shape index (κ2) is 10.8. The molecule has 2 aromatic rings. The van der Waals surface area contributed by atoms with Gasteiger partial charge in [0.2, 0.25) is 12.0 Å². The Morgan fingerprint density at radius 1 is 1.08 bits per heavy atom. The first-order valence-corrected chi connectivity index (χ1v) is 12.5. The fourth-order valence-electron chi connectivity index (χ4n) is 5.02. The van der Waals surface area contributed by atoms with Gasteiger partial charge in [-0.2, -0.15) is 26.3 Å². The lowest BCUT2D eigenvalue weighted by atomic mass is 10.0. The van der Waals surface area contributed by atoms with E-state index in [1.807, 2.05) is 13.0 Å². The molecule has 206 valence electrons. The zero-order chi connectivity index (χ0) is 27.8. The second-order valence-corrected chi connectivity index (χ2v) is 10.1. The maximum Gasteiger partial charge on any atom is 0.419 e. The van der Waals surface area contributed by atoms with Crippen molar-refractivity contribution in [3.8, 4) is 0 Å². The first-order chi connectivity index (χ1) is 17.7. The average molecular weight is 561 g/mol. The Morgan fingerprint density at radius 3 is 2.37 bits per heavy atom. The van der Waals surface area contributed by atoms with Crippen LogP contribution in [0.4, 0.5) is 32.0 Å². The lowest BCUT2D eigenvalue weighted by Crippen LogP contribution is -2.59. The average Bonchev–Trinajstić information content (AvgIpc) is 3.16. The van der Waals surface area contributed by atoms with Gasteiger partial charge in [-0.3, -0.25) is 14.6 Å². The van der Waals surface area contributed by atoms with Gasteiger partial charge in [0.05, 0.1) is 23.2 Å². The van der Waals surface area contributed by atoms with E-state index in [2.05, 4.69) is 4.99 Å². The first-order valence-electron chi connectivity index (χ1n) is 12.1. The molecule has 2 unspecified atom stereocenters. The number of rotatable bonds is 7. The molecule has 2 atom stereocenters. The van der Waals surface area contributed by atoms with Crippen LogP contribution in [0.5, 0.6) is 0 Å².